The summed E-state index contributed by atoms with van der Waals surface area (Å²) in [6.07, 6.45) is 1.60. The second-order valence-electron chi connectivity index (χ2n) is 8.48. The third kappa shape index (κ3) is 3.12. The van der Waals surface area contributed by atoms with Crippen molar-refractivity contribution in [3.8, 4) is 0 Å². The highest BCUT2D eigenvalue weighted by molar-refractivity contribution is 6.07. The maximum Gasteiger partial charge on any atom is 0.232 e. The number of rotatable bonds is 2. The van der Waals surface area contributed by atoms with Crippen molar-refractivity contribution in [2.24, 2.45) is 5.41 Å². The number of carbonyl (C=O) groups is 2. The fraction of sp³-hybridized carbons (Fsp3) is 0.333. The molecule has 2 aliphatic rings. The number of hydrogen-bond acceptors (Lipinski definition) is 2. The lowest BCUT2D eigenvalue weighted by atomic mass is 9.69. The highest BCUT2D eigenvalue weighted by Crippen LogP contribution is 2.48. The van der Waals surface area contributed by atoms with Gasteiger partial charge in [-0.15, -0.1) is 0 Å². The summed E-state index contributed by atoms with van der Waals surface area (Å²) in [6.45, 7) is 6.28. The number of carbonyl (C=O) groups excluding carboxylic acids is 2. The Bertz CT molecular complexity index is 940. The first kappa shape index (κ1) is 17.7. The Balaban J connectivity index is 1.92. The van der Waals surface area contributed by atoms with Crippen LogP contribution in [0.3, 0.4) is 0 Å². The summed E-state index contributed by atoms with van der Waals surface area (Å²) >= 11 is 0. The van der Waals surface area contributed by atoms with Crippen LogP contribution in [-0.2, 0) is 9.59 Å². The van der Waals surface area contributed by atoms with Crippen molar-refractivity contribution in [3.05, 3.63) is 77.0 Å². The van der Waals surface area contributed by atoms with E-state index in [0.29, 0.717) is 12.8 Å². The largest absolute Gasteiger partial charge is 0.294 e. The maximum atomic E-state index is 13.2. The predicted octanol–water partition coefficient (Wildman–Crippen LogP) is 5.16. The molecule has 1 unspecified atom stereocenters. The second kappa shape index (κ2) is 6.49. The number of amides is 1. The van der Waals surface area contributed by atoms with Crippen LogP contribution in [0.5, 0.6) is 0 Å². The minimum Gasteiger partial charge on any atom is -0.294 e. The van der Waals surface area contributed by atoms with Crippen LogP contribution < -0.4 is 4.90 Å². The van der Waals surface area contributed by atoms with Gasteiger partial charge in [-0.3, -0.25) is 14.5 Å². The molecule has 0 radical (unpaired) electrons. The minimum absolute atomic E-state index is 0.0682. The fourth-order valence-electron chi connectivity index (χ4n) is 4.54. The molecule has 2 aromatic rings. The Morgan fingerprint density at radius 1 is 0.926 bits per heavy atom. The summed E-state index contributed by atoms with van der Waals surface area (Å²) in [4.78, 5) is 28.3. The van der Waals surface area contributed by atoms with Crippen LogP contribution in [0, 0.1) is 12.3 Å². The highest BCUT2D eigenvalue weighted by Gasteiger charge is 2.44. The van der Waals surface area contributed by atoms with Gasteiger partial charge in [0, 0.05) is 35.7 Å². The zero-order valence-electron chi connectivity index (χ0n) is 16.2. The number of aryl methyl sites for hydroxylation is 1. The molecule has 1 aliphatic heterocycles. The second-order valence-corrected chi connectivity index (χ2v) is 8.48. The lowest BCUT2D eigenvalue weighted by Crippen LogP contribution is -2.43. The van der Waals surface area contributed by atoms with Gasteiger partial charge in [-0.1, -0.05) is 56.3 Å². The lowest BCUT2D eigenvalue weighted by Gasteiger charge is -2.43. The molecule has 27 heavy (non-hydrogen) atoms. The van der Waals surface area contributed by atoms with Gasteiger partial charge >= 0.3 is 0 Å². The van der Waals surface area contributed by atoms with Crippen molar-refractivity contribution in [2.75, 3.05) is 4.90 Å². The summed E-state index contributed by atoms with van der Waals surface area (Å²) in [7, 11) is 0. The SMILES string of the molecule is Cc1ccccc1C1CC(=O)N(c2ccccc2)C2=C1C(=O)CC(C)(C)C2. The maximum absolute atomic E-state index is 13.2. The van der Waals surface area contributed by atoms with E-state index in [1.54, 1.807) is 4.90 Å². The van der Waals surface area contributed by atoms with Crippen molar-refractivity contribution in [3.63, 3.8) is 0 Å². The van der Waals surface area contributed by atoms with Crippen molar-refractivity contribution in [1.82, 2.24) is 0 Å². The molecule has 3 heteroatoms. The molecule has 1 amide bonds. The van der Waals surface area contributed by atoms with E-state index < -0.39 is 0 Å². The zero-order valence-corrected chi connectivity index (χ0v) is 16.2. The number of anilines is 1. The molecular weight excluding hydrogens is 334 g/mol. The number of hydrogen-bond donors (Lipinski definition) is 0. The monoisotopic (exact) mass is 359 g/mol. The normalized spacial score (nSPS) is 22.0. The van der Waals surface area contributed by atoms with Crippen LogP contribution in [0.1, 0.15) is 50.2 Å². The molecule has 2 aromatic carbocycles. The number of ketones is 1. The smallest absolute Gasteiger partial charge is 0.232 e. The van der Waals surface area contributed by atoms with Crippen LogP contribution in [0.4, 0.5) is 5.69 Å². The summed E-state index contributed by atoms with van der Waals surface area (Å²) in [5.41, 5.74) is 4.67. The summed E-state index contributed by atoms with van der Waals surface area (Å²) in [5.74, 6) is 0.110. The number of Topliss-reactive ketones (excluding diaryl/α,β-unsaturated/α-hetero) is 1. The molecule has 3 nitrogen and oxygen atoms in total. The molecule has 0 spiro atoms. The van der Waals surface area contributed by atoms with Gasteiger partial charge in [0.05, 0.1) is 0 Å². The lowest BCUT2D eigenvalue weighted by molar-refractivity contribution is -0.121. The Hall–Kier alpha value is -2.68. The van der Waals surface area contributed by atoms with Gasteiger partial charge in [-0.25, -0.2) is 0 Å². The zero-order chi connectivity index (χ0) is 19.2. The van der Waals surface area contributed by atoms with E-state index in [1.165, 1.54) is 0 Å². The Morgan fingerprint density at radius 3 is 2.30 bits per heavy atom. The molecule has 1 aliphatic carbocycles. The third-order valence-electron chi connectivity index (χ3n) is 5.72. The van der Waals surface area contributed by atoms with E-state index in [-0.39, 0.29) is 23.0 Å². The minimum atomic E-state index is -0.142. The first-order valence-corrected chi connectivity index (χ1v) is 9.57. The molecule has 1 heterocycles. The number of allylic oxidation sites excluding steroid dienone is 2. The molecule has 0 saturated heterocycles. The highest BCUT2D eigenvalue weighted by atomic mass is 16.2. The van der Waals surface area contributed by atoms with Gasteiger partial charge in [0.25, 0.3) is 0 Å². The van der Waals surface area contributed by atoms with E-state index >= 15 is 0 Å². The average Bonchev–Trinajstić information content (AvgIpc) is 2.61. The predicted molar refractivity (Wildman–Crippen MR) is 108 cm³/mol. The molecule has 0 bridgehead atoms. The molecule has 0 aromatic heterocycles. The van der Waals surface area contributed by atoms with Gasteiger partial charge in [-0.05, 0) is 42.0 Å². The van der Waals surface area contributed by atoms with Crippen molar-refractivity contribution in [1.29, 1.82) is 0 Å². The Kier molecular flexibility index (Phi) is 4.26. The number of benzene rings is 2. The van der Waals surface area contributed by atoms with Gasteiger partial charge in [-0.2, -0.15) is 0 Å². The first-order chi connectivity index (χ1) is 12.9. The standard InChI is InChI=1S/C24H25NO2/c1-16-9-7-8-12-18(16)19-13-22(27)25(17-10-5-4-6-11-17)20-14-24(2,3)15-21(26)23(19)20/h4-12,19H,13-15H2,1-3H3. The number of para-hydroxylation sites is 1. The van der Waals surface area contributed by atoms with Crippen LogP contribution in [0.2, 0.25) is 0 Å². The van der Waals surface area contributed by atoms with E-state index in [1.807, 2.05) is 42.5 Å². The van der Waals surface area contributed by atoms with Crippen LogP contribution in [-0.4, -0.2) is 11.7 Å². The van der Waals surface area contributed by atoms with Gasteiger partial charge in [0.2, 0.25) is 5.91 Å². The first-order valence-electron chi connectivity index (χ1n) is 9.57. The van der Waals surface area contributed by atoms with E-state index in [9.17, 15) is 9.59 Å². The van der Waals surface area contributed by atoms with Gasteiger partial charge in [0.1, 0.15) is 0 Å². The fourth-order valence-corrected chi connectivity index (χ4v) is 4.54. The molecular formula is C24H25NO2. The topological polar surface area (TPSA) is 37.4 Å². The third-order valence-corrected chi connectivity index (χ3v) is 5.72. The molecule has 0 fully saturated rings. The van der Waals surface area contributed by atoms with Crippen molar-refractivity contribution >= 4 is 17.4 Å². The summed E-state index contributed by atoms with van der Waals surface area (Å²) in [6, 6.07) is 17.8. The Labute approximate surface area is 160 Å². The van der Waals surface area contributed by atoms with Crippen LogP contribution in [0.25, 0.3) is 0 Å². The van der Waals surface area contributed by atoms with Gasteiger partial charge < -0.3 is 0 Å². The summed E-state index contributed by atoms with van der Waals surface area (Å²) in [5, 5.41) is 0. The van der Waals surface area contributed by atoms with Crippen LogP contribution >= 0.6 is 0 Å². The molecule has 4 rings (SSSR count). The van der Waals surface area contributed by atoms with E-state index in [4.69, 9.17) is 0 Å². The van der Waals surface area contributed by atoms with E-state index in [2.05, 4.69) is 32.9 Å². The molecule has 0 N–H and O–H groups in total. The summed E-state index contributed by atoms with van der Waals surface area (Å²) < 4.78 is 0. The van der Waals surface area contributed by atoms with Gasteiger partial charge in [0.15, 0.2) is 5.78 Å². The molecule has 138 valence electrons. The van der Waals surface area contributed by atoms with Crippen LogP contribution in [0.15, 0.2) is 65.9 Å². The Morgan fingerprint density at radius 2 is 1.59 bits per heavy atom. The quantitative estimate of drug-likeness (QED) is 0.743. The average molecular weight is 359 g/mol. The molecule has 0 saturated carbocycles. The van der Waals surface area contributed by atoms with Crippen molar-refractivity contribution in [2.45, 2.75) is 46.0 Å². The van der Waals surface area contributed by atoms with E-state index in [0.717, 1.165) is 34.5 Å². The molecule has 1 atom stereocenters. The number of nitrogens with zero attached hydrogens (tertiary/aromatic N) is 1. The van der Waals surface area contributed by atoms with Crippen molar-refractivity contribution < 1.29 is 9.59 Å².